The van der Waals surface area contributed by atoms with Crippen molar-refractivity contribution >= 4 is 44.5 Å². The first-order valence-electron chi connectivity index (χ1n) is 6.16. The Morgan fingerprint density at radius 1 is 1.14 bits per heavy atom. The second-order valence-corrected chi connectivity index (χ2v) is 7.45. The molecular formula is C13H11Cl2N3O2S. The van der Waals surface area contributed by atoms with Crippen molar-refractivity contribution in [1.29, 1.82) is 0 Å². The third kappa shape index (κ3) is 2.71. The van der Waals surface area contributed by atoms with E-state index in [1.54, 1.807) is 12.1 Å². The summed E-state index contributed by atoms with van der Waals surface area (Å²) >= 11 is 12.0. The second-order valence-electron chi connectivity index (χ2n) is 4.75. The van der Waals surface area contributed by atoms with E-state index in [2.05, 4.69) is 9.97 Å². The fourth-order valence-corrected chi connectivity index (χ4v) is 3.18. The molecule has 0 unspecified atom stereocenters. The lowest BCUT2D eigenvalue weighted by Crippen LogP contribution is -2.15. The zero-order valence-electron chi connectivity index (χ0n) is 11.0. The first kappa shape index (κ1) is 14.6. The predicted molar refractivity (Wildman–Crippen MR) is 82.3 cm³/mol. The van der Waals surface area contributed by atoms with Gasteiger partial charge in [0.25, 0.3) is 0 Å². The molecule has 1 aromatic heterocycles. The smallest absolute Gasteiger partial charge is 0.250 e. The number of rotatable bonds is 2. The SMILES string of the molecule is CS(=O)(=O)c1nc(Cl)c2c(n1)N(c1ccc(Cl)cc1)CC2. The highest BCUT2D eigenvalue weighted by molar-refractivity contribution is 7.90. The Morgan fingerprint density at radius 2 is 1.81 bits per heavy atom. The lowest BCUT2D eigenvalue weighted by molar-refractivity contribution is 0.593. The molecule has 2 aromatic rings. The lowest BCUT2D eigenvalue weighted by atomic mass is 10.3. The van der Waals surface area contributed by atoms with E-state index in [0.717, 1.165) is 17.5 Å². The van der Waals surface area contributed by atoms with Crippen LogP contribution in [-0.2, 0) is 16.3 Å². The van der Waals surface area contributed by atoms with Crippen molar-refractivity contribution in [2.45, 2.75) is 11.6 Å². The summed E-state index contributed by atoms with van der Waals surface area (Å²) in [7, 11) is -3.51. The van der Waals surface area contributed by atoms with Gasteiger partial charge in [0, 0.05) is 29.1 Å². The second kappa shape index (κ2) is 5.12. The van der Waals surface area contributed by atoms with Crippen LogP contribution >= 0.6 is 23.2 Å². The number of benzene rings is 1. The summed E-state index contributed by atoms with van der Waals surface area (Å²) in [6, 6.07) is 7.26. The Kier molecular flexibility index (Phi) is 3.55. The van der Waals surface area contributed by atoms with Crippen LogP contribution < -0.4 is 4.90 Å². The van der Waals surface area contributed by atoms with Gasteiger partial charge in [-0.3, -0.25) is 0 Å². The van der Waals surface area contributed by atoms with Crippen molar-refractivity contribution in [2.24, 2.45) is 0 Å². The van der Waals surface area contributed by atoms with Crippen LogP contribution in [0.3, 0.4) is 0 Å². The minimum Gasteiger partial charge on any atom is -0.326 e. The molecule has 1 aliphatic heterocycles. The molecule has 0 atom stereocenters. The van der Waals surface area contributed by atoms with E-state index in [9.17, 15) is 8.42 Å². The van der Waals surface area contributed by atoms with E-state index in [4.69, 9.17) is 23.2 Å². The van der Waals surface area contributed by atoms with Crippen LogP contribution in [0.5, 0.6) is 0 Å². The first-order chi connectivity index (χ1) is 9.86. The number of halogens is 2. The number of fused-ring (bicyclic) bond motifs is 1. The normalized spacial score (nSPS) is 14.3. The molecule has 0 saturated carbocycles. The maximum atomic E-state index is 11.7. The van der Waals surface area contributed by atoms with Gasteiger partial charge in [0.15, 0.2) is 0 Å². The van der Waals surface area contributed by atoms with Crippen LogP contribution in [0.2, 0.25) is 10.2 Å². The predicted octanol–water partition coefficient (Wildman–Crippen LogP) is 2.88. The summed E-state index contributed by atoms with van der Waals surface area (Å²) in [5, 5.41) is 0.569. The average Bonchev–Trinajstić information content (AvgIpc) is 2.83. The number of hydrogen-bond donors (Lipinski definition) is 0. The average molecular weight is 344 g/mol. The molecule has 2 heterocycles. The zero-order chi connectivity index (χ0) is 15.2. The number of sulfone groups is 1. The Hall–Kier alpha value is -1.37. The molecule has 0 aliphatic carbocycles. The fraction of sp³-hybridized carbons (Fsp3) is 0.231. The molecule has 8 heteroatoms. The van der Waals surface area contributed by atoms with Crippen molar-refractivity contribution in [1.82, 2.24) is 9.97 Å². The summed E-state index contributed by atoms with van der Waals surface area (Å²) in [6.07, 6.45) is 1.73. The molecule has 110 valence electrons. The fourth-order valence-electron chi connectivity index (χ4n) is 2.23. The molecule has 0 amide bonds. The number of aromatic nitrogens is 2. The maximum absolute atomic E-state index is 11.7. The third-order valence-electron chi connectivity index (χ3n) is 3.23. The van der Waals surface area contributed by atoms with Gasteiger partial charge in [0.2, 0.25) is 15.0 Å². The number of hydrogen-bond acceptors (Lipinski definition) is 5. The maximum Gasteiger partial charge on any atom is 0.250 e. The molecule has 0 bridgehead atoms. The highest BCUT2D eigenvalue weighted by atomic mass is 35.5. The molecule has 1 aromatic carbocycles. The summed E-state index contributed by atoms with van der Waals surface area (Å²) in [5.41, 5.74) is 1.64. The van der Waals surface area contributed by atoms with Crippen molar-refractivity contribution in [3.63, 3.8) is 0 Å². The van der Waals surface area contributed by atoms with E-state index >= 15 is 0 Å². The van der Waals surface area contributed by atoms with E-state index in [1.165, 1.54) is 0 Å². The van der Waals surface area contributed by atoms with E-state index < -0.39 is 9.84 Å². The van der Waals surface area contributed by atoms with Gasteiger partial charge < -0.3 is 4.90 Å². The Bertz CT molecular complexity index is 807. The van der Waals surface area contributed by atoms with Gasteiger partial charge in [0.05, 0.1) is 0 Å². The summed E-state index contributed by atoms with van der Waals surface area (Å²) in [5.74, 6) is 0.540. The monoisotopic (exact) mass is 343 g/mol. The van der Waals surface area contributed by atoms with Crippen LogP contribution in [0.1, 0.15) is 5.56 Å². The zero-order valence-corrected chi connectivity index (χ0v) is 13.4. The molecule has 3 rings (SSSR count). The molecule has 5 nitrogen and oxygen atoms in total. The Morgan fingerprint density at radius 3 is 2.43 bits per heavy atom. The van der Waals surface area contributed by atoms with Crippen LogP contribution in [0.4, 0.5) is 11.5 Å². The topological polar surface area (TPSA) is 63.2 Å². The van der Waals surface area contributed by atoms with Gasteiger partial charge >= 0.3 is 0 Å². The summed E-state index contributed by atoms with van der Waals surface area (Å²) in [6.45, 7) is 0.665. The highest BCUT2D eigenvalue weighted by Crippen LogP contribution is 2.36. The molecule has 21 heavy (non-hydrogen) atoms. The molecule has 0 saturated heterocycles. The summed E-state index contributed by atoms with van der Waals surface area (Å²) in [4.78, 5) is 9.96. The molecular weight excluding hydrogens is 333 g/mol. The number of nitrogens with zero attached hydrogens (tertiary/aromatic N) is 3. The minimum absolute atomic E-state index is 0.192. The first-order valence-corrected chi connectivity index (χ1v) is 8.80. The largest absolute Gasteiger partial charge is 0.326 e. The van der Waals surface area contributed by atoms with E-state index in [0.29, 0.717) is 23.8 Å². The van der Waals surface area contributed by atoms with Crippen molar-refractivity contribution in [3.8, 4) is 0 Å². The van der Waals surface area contributed by atoms with Crippen LogP contribution in [0.25, 0.3) is 0 Å². The Labute approximate surface area is 132 Å². The van der Waals surface area contributed by atoms with Crippen molar-refractivity contribution in [3.05, 3.63) is 40.0 Å². The van der Waals surface area contributed by atoms with Gasteiger partial charge in [0.1, 0.15) is 11.0 Å². The quantitative estimate of drug-likeness (QED) is 0.619. The number of anilines is 2. The van der Waals surface area contributed by atoms with Crippen molar-refractivity contribution < 1.29 is 8.42 Å². The molecule has 0 fully saturated rings. The van der Waals surface area contributed by atoms with Gasteiger partial charge in [-0.15, -0.1) is 0 Å². The van der Waals surface area contributed by atoms with Gasteiger partial charge in [-0.2, -0.15) is 0 Å². The molecule has 0 spiro atoms. The Balaban J connectivity index is 2.13. The van der Waals surface area contributed by atoms with Crippen LogP contribution in [0.15, 0.2) is 29.4 Å². The highest BCUT2D eigenvalue weighted by Gasteiger charge is 2.28. The molecule has 1 aliphatic rings. The van der Waals surface area contributed by atoms with Gasteiger partial charge in [-0.1, -0.05) is 23.2 Å². The molecule has 0 N–H and O–H groups in total. The minimum atomic E-state index is -3.51. The van der Waals surface area contributed by atoms with Crippen molar-refractivity contribution in [2.75, 3.05) is 17.7 Å². The van der Waals surface area contributed by atoms with E-state index in [1.807, 2.05) is 17.0 Å². The summed E-state index contributed by atoms with van der Waals surface area (Å²) < 4.78 is 23.3. The molecule has 0 radical (unpaired) electrons. The van der Waals surface area contributed by atoms with Gasteiger partial charge in [-0.25, -0.2) is 18.4 Å². The van der Waals surface area contributed by atoms with Crippen LogP contribution in [-0.4, -0.2) is 31.2 Å². The van der Waals surface area contributed by atoms with Gasteiger partial charge in [-0.05, 0) is 30.7 Å². The lowest BCUT2D eigenvalue weighted by Gasteiger charge is -2.18. The van der Waals surface area contributed by atoms with Crippen LogP contribution in [0, 0.1) is 0 Å². The third-order valence-corrected chi connectivity index (χ3v) is 4.64. The van der Waals surface area contributed by atoms with E-state index in [-0.39, 0.29) is 10.3 Å². The standard InChI is InChI=1S/C13H11Cl2N3O2S/c1-21(19,20)13-16-11(15)10-6-7-18(12(10)17-13)9-4-2-8(14)3-5-9/h2-5H,6-7H2,1H3.